The minimum Gasteiger partial charge on any atom is -0.359 e. The summed E-state index contributed by atoms with van der Waals surface area (Å²) in [5.41, 5.74) is 9.14. The maximum absolute atomic E-state index is 13.0. The molecule has 0 atom stereocenters. The molecule has 23 heavy (non-hydrogen) atoms. The maximum Gasteiger partial charge on any atom is 0.434 e. The number of benzene rings is 1. The second-order valence-corrected chi connectivity index (χ2v) is 5.31. The smallest absolute Gasteiger partial charge is 0.359 e. The van der Waals surface area contributed by atoms with Crippen molar-refractivity contribution in [1.29, 1.82) is 0 Å². The molecule has 1 amide bonds. The summed E-state index contributed by atoms with van der Waals surface area (Å²) in [7, 11) is 0. The number of aryl methyl sites for hydroxylation is 1. The molecule has 112 valence electrons. The second-order valence-electron chi connectivity index (χ2n) is 5.31. The first kappa shape index (κ1) is 13.5. The molecule has 1 aliphatic carbocycles. The SMILES string of the molecule is NC(=O)C1=[N+]=NC2=C1CCc1cnc(-c3ccc(F)cc3)nc12. The van der Waals surface area contributed by atoms with Crippen LogP contribution in [0, 0.1) is 5.82 Å². The van der Waals surface area contributed by atoms with Crippen molar-refractivity contribution in [3.8, 4) is 11.4 Å². The molecule has 4 rings (SSSR count). The third kappa shape index (κ3) is 2.15. The predicted molar refractivity (Wildman–Crippen MR) is 79.6 cm³/mol. The van der Waals surface area contributed by atoms with Crippen molar-refractivity contribution in [2.24, 2.45) is 10.8 Å². The Labute approximate surface area is 130 Å². The molecule has 6 nitrogen and oxygen atoms in total. The van der Waals surface area contributed by atoms with E-state index in [1.165, 1.54) is 12.1 Å². The summed E-state index contributed by atoms with van der Waals surface area (Å²) in [6.45, 7) is 0. The summed E-state index contributed by atoms with van der Waals surface area (Å²) < 4.78 is 13.0. The normalized spacial score (nSPS) is 15.3. The molecule has 0 saturated heterocycles. The number of nitrogens with two attached hydrogens (primary N) is 1. The molecule has 2 N–H and O–H groups in total. The molecule has 7 heteroatoms. The lowest BCUT2D eigenvalue weighted by atomic mass is 9.91. The van der Waals surface area contributed by atoms with Crippen LogP contribution in [0.4, 0.5) is 4.39 Å². The van der Waals surface area contributed by atoms with Gasteiger partial charge in [-0.15, -0.1) is 0 Å². The van der Waals surface area contributed by atoms with Gasteiger partial charge in [-0.05, 0) is 42.7 Å². The summed E-state index contributed by atoms with van der Waals surface area (Å²) in [6, 6.07) is 5.95. The van der Waals surface area contributed by atoms with E-state index in [0.29, 0.717) is 35.6 Å². The Morgan fingerprint density at radius 1 is 1.22 bits per heavy atom. The van der Waals surface area contributed by atoms with Gasteiger partial charge < -0.3 is 5.73 Å². The molecule has 1 aliphatic heterocycles. The molecule has 0 saturated carbocycles. The Kier molecular flexibility index (Phi) is 2.89. The predicted octanol–water partition coefficient (Wildman–Crippen LogP) is 1.54. The molecule has 2 aliphatic rings. The van der Waals surface area contributed by atoms with E-state index in [-0.39, 0.29) is 11.5 Å². The van der Waals surface area contributed by atoms with Gasteiger partial charge in [-0.1, -0.05) is 0 Å². The Bertz CT molecular complexity index is 939. The van der Waals surface area contributed by atoms with Crippen molar-refractivity contribution < 1.29 is 14.0 Å². The number of halogens is 1. The number of primary amides is 1. The number of hydrogen-bond acceptors (Lipinski definition) is 4. The zero-order chi connectivity index (χ0) is 16.0. The highest BCUT2D eigenvalue weighted by Crippen LogP contribution is 2.33. The molecular weight excluding hydrogens is 297 g/mol. The number of carbonyl (C=O) groups excluding carboxylic acids is 1. The van der Waals surface area contributed by atoms with Crippen molar-refractivity contribution in [1.82, 2.24) is 9.97 Å². The Balaban J connectivity index is 1.82. The van der Waals surface area contributed by atoms with Crippen LogP contribution in [-0.4, -0.2) is 26.4 Å². The topological polar surface area (TPSA) is 95.3 Å². The van der Waals surface area contributed by atoms with Gasteiger partial charge in [0, 0.05) is 11.8 Å². The quantitative estimate of drug-likeness (QED) is 0.852. The molecule has 2 heterocycles. The second kappa shape index (κ2) is 4.93. The first-order valence-electron chi connectivity index (χ1n) is 7.08. The van der Waals surface area contributed by atoms with Crippen molar-refractivity contribution >= 4 is 17.3 Å². The van der Waals surface area contributed by atoms with E-state index in [1.54, 1.807) is 18.3 Å². The van der Waals surface area contributed by atoms with E-state index in [0.717, 1.165) is 11.1 Å². The van der Waals surface area contributed by atoms with E-state index < -0.39 is 5.91 Å². The van der Waals surface area contributed by atoms with Crippen LogP contribution in [0.3, 0.4) is 0 Å². The fourth-order valence-corrected chi connectivity index (χ4v) is 2.75. The van der Waals surface area contributed by atoms with E-state index in [9.17, 15) is 9.18 Å². The maximum atomic E-state index is 13.0. The molecule has 2 aromatic rings. The summed E-state index contributed by atoms with van der Waals surface area (Å²) in [5, 5.41) is 4.07. The van der Waals surface area contributed by atoms with Gasteiger partial charge in [0.15, 0.2) is 11.5 Å². The molecule has 0 radical (unpaired) electrons. The minimum absolute atomic E-state index is 0.201. The van der Waals surface area contributed by atoms with Crippen molar-refractivity contribution in [3.63, 3.8) is 0 Å². The van der Waals surface area contributed by atoms with Crippen LogP contribution in [0.1, 0.15) is 17.7 Å². The lowest BCUT2D eigenvalue weighted by Crippen LogP contribution is -2.26. The summed E-state index contributed by atoms with van der Waals surface area (Å²) >= 11 is 0. The molecule has 0 spiro atoms. The molecular formula is C16H11FN5O+. The summed E-state index contributed by atoms with van der Waals surface area (Å²) in [5.74, 6) is -0.433. The Hall–Kier alpha value is -3.18. The molecule has 1 aromatic heterocycles. The average molecular weight is 308 g/mol. The van der Waals surface area contributed by atoms with Crippen LogP contribution >= 0.6 is 0 Å². The van der Waals surface area contributed by atoms with Crippen molar-refractivity contribution in [3.05, 3.63) is 53.1 Å². The Morgan fingerprint density at radius 3 is 2.74 bits per heavy atom. The van der Waals surface area contributed by atoms with Crippen LogP contribution in [-0.2, 0) is 11.2 Å². The van der Waals surface area contributed by atoms with E-state index in [2.05, 4.69) is 19.9 Å². The van der Waals surface area contributed by atoms with Crippen LogP contribution in [0.2, 0.25) is 0 Å². The van der Waals surface area contributed by atoms with Gasteiger partial charge in [0.2, 0.25) is 0 Å². The molecule has 1 aromatic carbocycles. The fraction of sp³-hybridized carbons (Fsp3) is 0.125. The minimum atomic E-state index is -0.588. The standard InChI is InChI=1S/C16H10FN5O/c17-10-4-1-8(2-5-10)16-19-7-9-3-6-11-13(12(9)20-16)21-22-14(11)15(18)23/h1-2,4-5,7H,3,6H2,(H-,18,23)/p+1. The highest BCUT2D eigenvalue weighted by atomic mass is 19.1. The van der Waals surface area contributed by atoms with Crippen LogP contribution in [0.25, 0.3) is 17.1 Å². The largest absolute Gasteiger partial charge is 0.434 e. The summed E-state index contributed by atoms with van der Waals surface area (Å²) in [4.78, 5) is 24.2. The zero-order valence-electron chi connectivity index (χ0n) is 12.0. The van der Waals surface area contributed by atoms with Gasteiger partial charge in [-0.25, -0.2) is 14.4 Å². The van der Waals surface area contributed by atoms with Gasteiger partial charge >= 0.3 is 11.6 Å². The fourth-order valence-electron chi connectivity index (χ4n) is 2.75. The zero-order valence-corrected chi connectivity index (χ0v) is 12.0. The monoisotopic (exact) mass is 308 g/mol. The molecule has 0 bridgehead atoms. The first-order valence-corrected chi connectivity index (χ1v) is 7.08. The van der Waals surface area contributed by atoms with Crippen molar-refractivity contribution in [2.75, 3.05) is 0 Å². The third-order valence-electron chi connectivity index (χ3n) is 3.89. The first-order chi connectivity index (χ1) is 11.1. The number of aromatic nitrogens is 2. The number of nitrogens with zero attached hydrogens (tertiary/aromatic N) is 4. The Morgan fingerprint density at radius 2 is 2.00 bits per heavy atom. The van der Waals surface area contributed by atoms with Gasteiger partial charge in [0.05, 0.1) is 10.4 Å². The number of fused-ring (bicyclic) bond motifs is 2. The average Bonchev–Trinajstić information content (AvgIpc) is 3.00. The lowest BCUT2D eigenvalue weighted by molar-refractivity contribution is -0.120. The number of carbonyl (C=O) groups is 1. The van der Waals surface area contributed by atoms with Gasteiger partial charge in [-0.3, -0.25) is 4.79 Å². The highest BCUT2D eigenvalue weighted by molar-refractivity contribution is 6.44. The highest BCUT2D eigenvalue weighted by Gasteiger charge is 2.39. The number of rotatable bonds is 2. The third-order valence-corrected chi connectivity index (χ3v) is 3.89. The lowest BCUT2D eigenvalue weighted by Gasteiger charge is -2.13. The number of hydrogen-bond donors (Lipinski definition) is 1. The van der Waals surface area contributed by atoms with E-state index in [1.807, 2.05) is 0 Å². The molecule has 0 fully saturated rings. The van der Waals surface area contributed by atoms with Crippen LogP contribution < -0.4 is 5.73 Å². The summed E-state index contributed by atoms with van der Waals surface area (Å²) in [6.07, 6.45) is 3.06. The molecule has 0 unspecified atom stereocenters. The van der Waals surface area contributed by atoms with Crippen molar-refractivity contribution in [2.45, 2.75) is 12.8 Å². The van der Waals surface area contributed by atoms with Gasteiger partial charge in [0.1, 0.15) is 16.6 Å². The number of amides is 1. The van der Waals surface area contributed by atoms with Crippen LogP contribution in [0.15, 0.2) is 41.1 Å². The van der Waals surface area contributed by atoms with Gasteiger partial charge in [-0.2, -0.15) is 0 Å². The van der Waals surface area contributed by atoms with E-state index in [4.69, 9.17) is 5.73 Å². The van der Waals surface area contributed by atoms with Crippen LogP contribution in [0.5, 0.6) is 0 Å². The van der Waals surface area contributed by atoms with E-state index >= 15 is 0 Å². The van der Waals surface area contributed by atoms with Gasteiger partial charge in [0.25, 0.3) is 0 Å².